The number of aliphatic hydroxyl groups is 1. The summed E-state index contributed by atoms with van der Waals surface area (Å²) in [5, 5.41) is 13.7. The molecule has 0 aliphatic rings. The van der Waals surface area contributed by atoms with Crippen molar-refractivity contribution in [3.8, 4) is 0 Å². The summed E-state index contributed by atoms with van der Waals surface area (Å²) in [5.74, 6) is -0.484. The van der Waals surface area contributed by atoms with Crippen LogP contribution in [0.2, 0.25) is 0 Å². The molecule has 130 valence electrons. The van der Waals surface area contributed by atoms with E-state index in [4.69, 9.17) is 0 Å². The Balaban J connectivity index is 2.22. The normalized spacial score (nSPS) is 12.9. The van der Waals surface area contributed by atoms with E-state index < -0.39 is 11.6 Å². The highest BCUT2D eigenvalue weighted by Gasteiger charge is 2.27. The van der Waals surface area contributed by atoms with Crippen molar-refractivity contribution in [2.45, 2.75) is 38.8 Å². The molecule has 24 heavy (non-hydrogen) atoms. The van der Waals surface area contributed by atoms with Crippen molar-refractivity contribution in [3.63, 3.8) is 0 Å². The van der Waals surface area contributed by atoms with Crippen LogP contribution in [0.1, 0.15) is 26.3 Å². The Bertz CT molecular complexity index is 730. The van der Waals surface area contributed by atoms with Crippen LogP contribution in [0.3, 0.4) is 0 Å². The van der Waals surface area contributed by atoms with E-state index in [-0.39, 0.29) is 18.4 Å². The highest BCUT2D eigenvalue weighted by atomic mass is 16.3. The van der Waals surface area contributed by atoms with E-state index in [2.05, 4.69) is 10.3 Å². The first-order valence-electron chi connectivity index (χ1n) is 7.97. The third-order valence-electron chi connectivity index (χ3n) is 3.77. The van der Waals surface area contributed by atoms with Crippen LogP contribution >= 0.6 is 0 Å². The van der Waals surface area contributed by atoms with Crippen molar-refractivity contribution in [1.29, 1.82) is 0 Å². The van der Waals surface area contributed by atoms with Gasteiger partial charge in [-0.15, -0.1) is 0 Å². The summed E-state index contributed by atoms with van der Waals surface area (Å²) in [7, 11) is 1.63. The van der Waals surface area contributed by atoms with Crippen LogP contribution in [0.4, 0.5) is 0 Å². The summed E-state index contributed by atoms with van der Waals surface area (Å²) in [4.78, 5) is 28.9. The topological polar surface area (TPSA) is 85.4 Å². The summed E-state index contributed by atoms with van der Waals surface area (Å²) in [5.41, 5.74) is 0.965. The number of hydrogen-bond acceptors (Lipinski definition) is 3. The minimum Gasteiger partial charge on any atom is -0.389 e. The van der Waals surface area contributed by atoms with E-state index in [1.165, 1.54) is 11.8 Å². The zero-order valence-corrected chi connectivity index (χ0v) is 14.6. The molecule has 3 N–H and O–H groups in total. The number of benzene rings is 1. The van der Waals surface area contributed by atoms with E-state index in [9.17, 15) is 14.7 Å². The maximum atomic E-state index is 12.7. The molecule has 0 spiro atoms. The van der Waals surface area contributed by atoms with Crippen LogP contribution in [0.5, 0.6) is 0 Å². The first-order valence-corrected chi connectivity index (χ1v) is 7.97. The minimum absolute atomic E-state index is 0.190. The summed E-state index contributed by atoms with van der Waals surface area (Å²) in [6.07, 6.45) is 2.25. The monoisotopic (exact) mass is 331 g/mol. The number of aromatic nitrogens is 1. The van der Waals surface area contributed by atoms with E-state index in [1.54, 1.807) is 20.9 Å². The van der Waals surface area contributed by atoms with E-state index in [1.807, 2.05) is 30.5 Å². The Hall–Kier alpha value is -2.34. The maximum absolute atomic E-state index is 12.7. The third-order valence-corrected chi connectivity index (χ3v) is 3.77. The van der Waals surface area contributed by atoms with Crippen molar-refractivity contribution in [2.24, 2.45) is 0 Å². The van der Waals surface area contributed by atoms with Gasteiger partial charge in [-0.05, 0) is 25.5 Å². The van der Waals surface area contributed by atoms with Crippen LogP contribution < -0.4 is 5.32 Å². The highest BCUT2D eigenvalue weighted by Crippen LogP contribution is 2.19. The molecule has 0 saturated carbocycles. The number of hydrogen-bond donors (Lipinski definition) is 3. The zero-order valence-electron chi connectivity index (χ0n) is 14.6. The molecule has 1 heterocycles. The number of carbonyl (C=O) groups is 2. The molecule has 0 aliphatic carbocycles. The maximum Gasteiger partial charge on any atom is 0.245 e. The molecule has 6 heteroatoms. The summed E-state index contributed by atoms with van der Waals surface area (Å²) >= 11 is 0. The van der Waals surface area contributed by atoms with Gasteiger partial charge < -0.3 is 20.3 Å². The lowest BCUT2D eigenvalue weighted by Crippen LogP contribution is -2.51. The predicted octanol–water partition coefficient (Wildman–Crippen LogP) is 1.44. The Morgan fingerprint density at radius 2 is 2.00 bits per heavy atom. The number of amides is 2. The molecule has 1 atom stereocenters. The average Bonchev–Trinajstić information content (AvgIpc) is 2.87. The Morgan fingerprint density at radius 3 is 2.62 bits per heavy atom. The number of carbonyl (C=O) groups excluding carboxylic acids is 2. The summed E-state index contributed by atoms with van der Waals surface area (Å²) in [6.45, 7) is 4.87. The van der Waals surface area contributed by atoms with E-state index in [0.717, 1.165) is 16.5 Å². The van der Waals surface area contributed by atoms with Crippen molar-refractivity contribution < 1.29 is 14.7 Å². The van der Waals surface area contributed by atoms with Gasteiger partial charge in [-0.2, -0.15) is 0 Å². The van der Waals surface area contributed by atoms with Gasteiger partial charge in [0.05, 0.1) is 5.60 Å². The van der Waals surface area contributed by atoms with Gasteiger partial charge in [0.1, 0.15) is 6.04 Å². The first kappa shape index (κ1) is 18.0. The Labute approximate surface area is 141 Å². The number of H-pyrrole nitrogens is 1. The molecule has 1 unspecified atom stereocenters. The van der Waals surface area contributed by atoms with Crippen LogP contribution in [0, 0.1) is 0 Å². The van der Waals surface area contributed by atoms with Gasteiger partial charge in [-0.1, -0.05) is 18.2 Å². The lowest BCUT2D eigenvalue weighted by molar-refractivity contribution is -0.137. The highest BCUT2D eigenvalue weighted by molar-refractivity contribution is 5.89. The molecule has 0 radical (unpaired) electrons. The number of rotatable bonds is 6. The Morgan fingerprint density at radius 1 is 1.33 bits per heavy atom. The molecule has 0 saturated heterocycles. The number of aromatic amines is 1. The minimum atomic E-state index is -0.994. The zero-order chi connectivity index (χ0) is 17.9. The lowest BCUT2D eigenvalue weighted by Gasteiger charge is -2.29. The predicted molar refractivity (Wildman–Crippen MR) is 93.5 cm³/mol. The first-order chi connectivity index (χ1) is 11.2. The molecule has 0 aliphatic heterocycles. The number of fused-ring (bicyclic) bond motifs is 1. The fraction of sp³-hybridized carbons (Fsp3) is 0.444. The third kappa shape index (κ3) is 4.58. The number of para-hydroxylation sites is 1. The van der Waals surface area contributed by atoms with Crippen molar-refractivity contribution in [1.82, 2.24) is 15.2 Å². The second kappa shape index (κ2) is 7.05. The number of nitrogens with one attached hydrogen (secondary N) is 2. The van der Waals surface area contributed by atoms with Crippen LogP contribution in [-0.2, 0) is 16.0 Å². The standard InChI is InChI=1S/C18H25N3O3/c1-12(22)20-16(17(23)21(4)11-18(2,3)24)9-13-10-19-15-8-6-5-7-14(13)15/h5-8,10,16,19,24H,9,11H2,1-4H3,(H,20,22). The fourth-order valence-corrected chi connectivity index (χ4v) is 2.89. The second-order valence-electron chi connectivity index (χ2n) is 6.82. The van der Waals surface area contributed by atoms with Crippen LogP contribution in [0.15, 0.2) is 30.5 Å². The SMILES string of the molecule is CC(=O)NC(Cc1c[nH]c2ccccc12)C(=O)N(C)CC(C)(C)O. The van der Waals surface area contributed by atoms with Gasteiger partial charge in [0.25, 0.3) is 0 Å². The molecule has 0 fully saturated rings. The molecular formula is C18H25N3O3. The molecule has 2 amide bonds. The van der Waals surface area contributed by atoms with Gasteiger partial charge in [-0.25, -0.2) is 0 Å². The quantitative estimate of drug-likeness (QED) is 0.749. The number of likely N-dealkylation sites (N-methyl/N-ethyl adjacent to an activating group) is 1. The molecular weight excluding hydrogens is 306 g/mol. The molecule has 6 nitrogen and oxygen atoms in total. The Kier molecular flexibility index (Phi) is 5.29. The van der Waals surface area contributed by atoms with E-state index in [0.29, 0.717) is 6.42 Å². The van der Waals surface area contributed by atoms with Gasteiger partial charge in [0, 0.05) is 44.0 Å². The smallest absolute Gasteiger partial charge is 0.245 e. The largest absolute Gasteiger partial charge is 0.389 e. The van der Waals surface area contributed by atoms with E-state index >= 15 is 0 Å². The van der Waals surface area contributed by atoms with Crippen molar-refractivity contribution >= 4 is 22.7 Å². The van der Waals surface area contributed by atoms with Gasteiger partial charge >= 0.3 is 0 Å². The van der Waals surface area contributed by atoms with Crippen molar-refractivity contribution in [3.05, 3.63) is 36.0 Å². The molecule has 2 rings (SSSR count). The number of nitrogens with zero attached hydrogens (tertiary/aromatic N) is 1. The fourth-order valence-electron chi connectivity index (χ4n) is 2.89. The summed E-state index contributed by atoms with van der Waals surface area (Å²) in [6, 6.07) is 7.16. The molecule has 0 bridgehead atoms. The van der Waals surface area contributed by atoms with Gasteiger partial charge in [0.2, 0.25) is 11.8 Å². The average molecular weight is 331 g/mol. The molecule has 1 aromatic heterocycles. The second-order valence-corrected chi connectivity index (χ2v) is 6.82. The van der Waals surface area contributed by atoms with Crippen LogP contribution in [-0.4, -0.2) is 52.0 Å². The molecule has 2 aromatic rings. The van der Waals surface area contributed by atoms with Gasteiger partial charge in [-0.3, -0.25) is 9.59 Å². The molecule has 1 aromatic carbocycles. The van der Waals surface area contributed by atoms with Crippen molar-refractivity contribution in [2.75, 3.05) is 13.6 Å². The summed E-state index contributed by atoms with van der Waals surface area (Å²) < 4.78 is 0. The van der Waals surface area contributed by atoms with Crippen LogP contribution in [0.25, 0.3) is 10.9 Å². The van der Waals surface area contributed by atoms with Gasteiger partial charge in [0.15, 0.2) is 0 Å². The lowest BCUT2D eigenvalue weighted by atomic mass is 10.0.